The van der Waals surface area contributed by atoms with E-state index in [0.29, 0.717) is 11.2 Å². The molecule has 214 valence electrons. The number of methoxy groups -OCH3 is 2. The minimum Gasteiger partial charge on any atom is -0.493 e. The lowest BCUT2D eigenvalue weighted by molar-refractivity contribution is -0.192. The van der Waals surface area contributed by atoms with Gasteiger partial charge in [0.15, 0.2) is 16.6 Å². The van der Waals surface area contributed by atoms with Gasteiger partial charge < -0.3 is 30.1 Å². The van der Waals surface area contributed by atoms with Crippen LogP contribution >= 0.6 is 12.2 Å². The molecule has 39 heavy (non-hydrogen) atoms. The van der Waals surface area contributed by atoms with E-state index in [1.807, 2.05) is 6.07 Å². The van der Waals surface area contributed by atoms with Crippen molar-refractivity contribution in [1.82, 2.24) is 10.2 Å². The molecule has 1 aliphatic carbocycles. The molecule has 0 spiro atoms. The van der Waals surface area contributed by atoms with Crippen molar-refractivity contribution in [3.8, 4) is 11.5 Å². The molecule has 1 aliphatic heterocycles. The lowest BCUT2D eigenvalue weighted by Gasteiger charge is -2.45. The number of likely N-dealkylation sites (N-methyl/N-ethyl adjacent to an activating group) is 1. The van der Waals surface area contributed by atoms with Crippen LogP contribution in [0.2, 0.25) is 0 Å². The zero-order chi connectivity index (χ0) is 29.0. The summed E-state index contributed by atoms with van der Waals surface area (Å²) in [4.78, 5) is 11.3. The summed E-state index contributed by atoms with van der Waals surface area (Å²) in [6.45, 7) is 1.02. The quantitative estimate of drug-likeness (QED) is 0.336. The van der Waals surface area contributed by atoms with Crippen molar-refractivity contribution >= 4 is 29.0 Å². The topological polar surface area (TPSA) is 83.1 Å². The second-order valence-corrected chi connectivity index (χ2v) is 9.88. The van der Waals surface area contributed by atoms with Gasteiger partial charge in [-0.15, -0.1) is 0 Å². The number of ether oxygens (including phenoxy) is 2. The standard InChI is InChI=1S/C24H29F2N3O2S.C2HF3O2/c1-29-11-10-24(15-4-7-20(30-2)21(12-15)31-3)9-8-17(14-22(24)29)27-23(32)28-19-6-5-16(25)13-18(19)26;3-2(4,5)1(6)7/h4-7,12-13,17,22H,8-11,14H2,1-3H3,(H2,27,28,32);(H,6,7). The number of hydrogen-bond donors (Lipinski definition) is 3. The highest BCUT2D eigenvalue weighted by atomic mass is 32.1. The molecule has 3 N–H and O–H groups in total. The highest BCUT2D eigenvalue weighted by Crippen LogP contribution is 2.49. The van der Waals surface area contributed by atoms with Gasteiger partial charge in [-0.25, -0.2) is 13.6 Å². The fourth-order valence-electron chi connectivity index (χ4n) is 5.33. The summed E-state index contributed by atoms with van der Waals surface area (Å²) in [5.41, 5.74) is 1.49. The summed E-state index contributed by atoms with van der Waals surface area (Å²) in [5.74, 6) is -2.56. The first-order chi connectivity index (χ1) is 18.3. The van der Waals surface area contributed by atoms with Crippen molar-refractivity contribution in [2.75, 3.05) is 33.1 Å². The monoisotopic (exact) mass is 575 g/mol. The second kappa shape index (κ2) is 12.3. The molecule has 4 rings (SSSR count). The molecule has 7 nitrogen and oxygen atoms in total. The van der Waals surface area contributed by atoms with Crippen LogP contribution < -0.4 is 20.1 Å². The summed E-state index contributed by atoms with van der Waals surface area (Å²) in [6.07, 6.45) is -1.15. The average Bonchev–Trinajstić information content (AvgIpc) is 3.22. The molecule has 2 aromatic rings. The Labute approximate surface area is 228 Å². The van der Waals surface area contributed by atoms with Crippen LogP contribution in [0.4, 0.5) is 27.6 Å². The number of carboxylic acid groups (broad SMARTS) is 1. The third-order valence-electron chi connectivity index (χ3n) is 7.24. The molecule has 1 saturated carbocycles. The van der Waals surface area contributed by atoms with Gasteiger partial charge in [-0.1, -0.05) is 6.07 Å². The second-order valence-electron chi connectivity index (χ2n) is 9.47. The van der Waals surface area contributed by atoms with Gasteiger partial charge in [0.25, 0.3) is 0 Å². The number of nitrogens with zero attached hydrogens (tertiary/aromatic N) is 1. The molecule has 2 fully saturated rings. The van der Waals surface area contributed by atoms with Crippen molar-refractivity contribution in [2.24, 2.45) is 0 Å². The minimum absolute atomic E-state index is 0.0462. The van der Waals surface area contributed by atoms with Crippen LogP contribution in [0.25, 0.3) is 0 Å². The molecule has 0 aromatic heterocycles. The Kier molecular flexibility index (Phi) is 9.60. The van der Waals surface area contributed by atoms with Gasteiger partial charge in [-0.05, 0) is 81.3 Å². The average molecular weight is 576 g/mol. The Balaban J connectivity index is 0.000000532. The first kappa shape index (κ1) is 30.4. The number of hydrogen-bond acceptors (Lipinski definition) is 5. The molecule has 2 aliphatic rings. The van der Waals surface area contributed by atoms with Crippen LogP contribution in [-0.2, 0) is 10.2 Å². The molecule has 0 amide bonds. The van der Waals surface area contributed by atoms with Crippen molar-refractivity contribution in [2.45, 2.75) is 49.4 Å². The first-order valence-corrected chi connectivity index (χ1v) is 12.5. The van der Waals surface area contributed by atoms with Crippen molar-refractivity contribution < 1.29 is 41.3 Å². The Morgan fingerprint density at radius 2 is 1.77 bits per heavy atom. The number of nitrogens with one attached hydrogen (secondary N) is 2. The normalized spacial score (nSPS) is 22.7. The number of alkyl halides is 3. The van der Waals surface area contributed by atoms with Crippen molar-refractivity contribution in [1.29, 1.82) is 0 Å². The number of rotatable bonds is 5. The molecule has 2 aromatic carbocycles. The zero-order valence-corrected chi connectivity index (χ0v) is 22.4. The van der Waals surface area contributed by atoms with Crippen LogP contribution in [0.1, 0.15) is 31.2 Å². The highest BCUT2D eigenvalue weighted by molar-refractivity contribution is 7.80. The van der Waals surface area contributed by atoms with Gasteiger partial charge in [-0.3, -0.25) is 0 Å². The molecular weight excluding hydrogens is 545 g/mol. The van der Waals surface area contributed by atoms with Crippen LogP contribution in [0, 0.1) is 11.6 Å². The summed E-state index contributed by atoms with van der Waals surface area (Å²) >= 11 is 5.41. The van der Waals surface area contributed by atoms with E-state index < -0.39 is 23.8 Å². The van der Waals surface area contributed by atoms with Crippen LogP contribution in [-0.4, -0.2) is 67.2 Å². The molecule has 0 bridgehead atoms. The van der Waals surface area contributed by atoms with Gasteiger partial charge in [0.05, 0.1) is 19.9 Å². The van der Waals surface area contributed by atoms with Gasteiger partial charge in [-0.2, -0.15) is 13.2 Å². The van der Waals surface area contributed by atoms with Gasteiger partial charge in [0.2, 0.25) is 0 Å². The number of likely N-dealkylation sites (tertiary alicyclic amines) is 1. The van der Waals surface area contributed by atoms with E-state index in [-0.39, 0.29) is 17.1 Å². The fourth-order valence-corrected chi connectivity index (χ4v) is 5.61. The lowest BCUT2D eigenvalue weighted by Crippen LogP contribution is -2.52. The molecule has 1 saturated heterocycles. The molecular formula is C26H30F5N3O4S. The van der Waals surface area contributed by atoms with E-state index in [4.69, 9.17) is 31.6 Å². The lowest BCUT2D eigenvalue weighted by atomic mass is 9.65. The highest BCUT2D eigenvalue weighted by Gasteiger charge is 2.50. The number of thiocarbonyl (C=S) groups is 1. The number of halogens is 5. The van der Waals surface area contributed by atoms with E-state index in [1.165, 1.54) is 17.7 Å². The smallest absolute Gasteiger partial charge is 0.490 e. The molecule has 13 heteroatoms. The van der Waals surface area contributed by atoms with Crippen LogP contribution in [0.5, 0.6) is 11.5 Å². The maximum Gasteiger partial charge on any atom is 0.490 e. The third kappa shape index (κ3) is 7.07. The van der Waals surface area contributed by atoms with Gasteiger partial charge in [0, 0.05) is 23.6 Å². The Bertz CT molecular complexity index is 1200. The van der Waals surface area contributed by atoms with E-state index in [1.54, 1.807) is 14.2 Å². The zero-order valence-electron chi connectivity index (χ0n) is 21.6. The predicted octanol–water partition coefficient (Wildman–Crippen LogP) is 5.10. The van der Waals surface area contributed by atoms with Crippen LogP contribution in [0.3, 0.4) is 0 Å². The van der Waals surface area contributed by atoms with E-state index >= 15 is 0 Å². The van der Waals surface area contributed by atoms with E-state index in [0.717, 1.165) is 49.8 Å². The minimum atomic E-state index is -5.08. The number of benzene rings is 2. The molecule has 3 unspecified atom stereocenters. The fraction of sp³-hybridized carbons (Fsp3) is 0.462. The summed E-state index contributed by atoms with van der Waals surface area (Å²) < 4.78 is 69.8. The van der Waals surface area contributed by atoms with E-state index in [9.17, 15) is 22.0 Å². The Morgan fingerprint density at radius 1 is 1.10 bits per heavy atom. The number of carbonyl (C=O) groups is 1. The number of anilines is 1. The summed E-state index contributed by atoms with van der Waals surface area (Å²) in [5, 5.41) is 13.7. The molecule has 0 radical (unpaired) electrons. The molecule has 3 atom stereocenters. The predicted molar refractivity (Wildman–Crippen MR) is 139 cm³/mol. The maximum absolute atomic E-state index is 14.0. The third-order valence-corrected chi connectivity index (χ3v) is 7.46. The first-order valence-electron chi connectivity index (χ1n) is 12.1. The van der Waals surface area contributed by atoms with Crippen molar-refractivity contribution in [3.63, 3.8) is 0 Å². The SMILES string of the molecule is COc1ccc(C23CCC(NC(=S)Nc4ccc(F)cc4F)CC2N(C)CC3)cc1OC.O=C(O)C(F)(F)F. The maximum atomic E-state index is 14.0. The summed E-state index contributed by atoms with van der Waals surface area (Å²) in [6, 6.07) is 10.2. The number of aliphatic carboxylic acids is 1. The van der Waals surface area contributed by atoms with Crippen molar-refractivity contribution in [3.05, 3.63) is 53.6 Å². The van der Waals surface area contributed by atoms with Gasteiger partial charge in [0.1, 0.15) is 11.6 Å². The Hall–Kier alpha value is -3.19. The van der Waals surface area contributed by atoms with E-state index in [2.05, 4.69) is 34.7 Å². The largest absolute Gasteiger partial charge is 0.493 e. The number of fused-ring (bicyclic) bond motifs is 1. The summed E-state index contributed by atoms with van der Waals surface area (Å²) in [7, 11) is 5.48. The van der Waals surface area contributed by atoms with Crippen LogP contribution in [0.15, 0.2) is 36.4 Å². The molecule has 1 heterocycles. The Morgan fingerprint density at radius 3 is 2.36 bits per heavy atom. The number of carboxylic acids is 1. The van der Waals surface area contributed by atoms with Gasteiger partial charge >= 0.3 is 12.1 Å².